The summed E-state index contributed by atoms with van der Waals surface area (Å²) in [4.78, 5) is 25.7. The quantitative estimate of drug-likeness (QED) is 0.422. The first kappa shape index (κ1) is 21.3. The lowest BCUT2D eigenvalue weighted by Gasteiger charge is -2.07. The van der Waals surface area contributed by atoms with Crippen LogP contribution in [-0.2, 0) is 4.79 Å². The zero-order valence-electron chi connectivity index (χ0n) is 16.4. The van der Waals surface area contributed by atoms with Crippen LogP contribution in [0.5, 0.6) is 5.75 Å². The summed E-state index contributed by atoms with van der Waals surface area (Å²) in [6, 6.07) is 17.1. The van der Waals surface area contributed by atoms with Crippen LogP contribution in [0.15, 0.2) is 66.7 Å². The second-order valence-electron chi connectivity index (χ2n) is 6.29. The van der Waals surface area contributed by atoms with Crippen molar-refractivity contribution in [3.8, 4) is 16.2 Å². The van der Waals surface area contributed by atoms with Crippen molar-refractivity contribution in [2.45, 2.75) is 0 Å². The van der Waals surface area contributed by atoms with E-state index in [1.165, 1.54) is 30.6 Å². The maximum Gasteiger partial charge on any atom is 0.251 e. The third-order valence-corrected chi connectivity index (χ3v) is 5.29. The summed E-state index contributed by atoms with van der Waals surface area (Å²) in [6.45, 7) is 0.593. The van der Waals surface area contributed by atoms with Gasteiger partial charge in [-0.3, -0.25) is 9.59 Å². The molecule has 3 aromatic rings. The van der Waals surface area contributed by atoms with E-state index in [4.69, 9.17) is 4.74 Å². The summed E-state index contributed by atoms with van der Waals surface area (Å²) in [5, 5.41) is 5.45. The van der Waals surface area contributed by atoms with E-state index in [-0.39, 0.29) is 17.6 Å². The molecule has 0 atom stereocenters. The monoisotopic (exact) mass is 424 g/mol. The van der Waals surface area contributed by atoms with E-state index in [0.29, 0.717) is 30.0 Å². The van der Waals surface area contributed by atoms with Gasteiger partial charge in [0.2, 0.25) is 5.91 Å². The largest absolute Gasteiger partial charge is 0.497 e. The van der Waals surface area contributed by atoms with Crippen molar-refractivity contribution in [3.63, 3.8) is 0 Å². The Balaban J connectivity index is 1.44. The summed E-state index contributed by atoms with van der Waals surface area (Å²) >= 11 is 1.40. The minimum atomic E-state index is -0.274. The van der Waals surface area contributed by atoms with Crippen molar-refractivity contribution in [1.82, 2.24) is 10.6 Å². The Morgan fingerprint density at radius 2 is 1.83 bits per heavy atom. The van der Waals surface area contributed by atoms with Gasteiger partial charge in [-0.2, -0.15) is 0 Å². The highest BCUT2D eigenvalue weighted by atomic mass is 32.1. The SMILES string of the molecule is COc1cccc(C(=O)NCCNC(=O)C=Cc2ccc(-c3ccccc3F)s2)c1. The molecule has 0 saturated heterocycles. The lowest BCUT2D eigenvalue weighted by Crippen LogP contribution is -2.33. The zero-order valence-corrected chi connectivity index (χ0v) is 17.2. The number of nitrogens with one attached hydrogen (secondary N) is 2. The number of amides is 2. The van der Waals surface area contributed by atoms with Gasteiger partial charge >= 0.3 is 0 Å². The van der Waals surface area contributed by atoms with Gasteiger partial charge in [0.15, 0.2) is 0 Å². The zero-order chi connectivity index (χ0) is 21.3. The van der Waals surface area contributed by atoms with Crippen LogP contribution in [0.2, 0.25) is 0 Å². The van der Waals surface area contributed by atoms with Crippen molar-refractivity contribution in [3.05, 3.63) is 83.0 Å². The number of carbonyl (C=O) groups excluding carboxylic acids is 2. The second-order valence-corrected chi connectivity index (χ2v) is 7.41. The Morgan fingerprint density at radius 3 is 2.63 bits per heavy atom. The Hall–Kier alpha value is -3.45. The summed E-state index contributed by atoms with van der Waals surface area (Å²) in [6.07, 6.45) is 3.10. The molecular weight excluding hydrogens is 403 g/mol. The highest BCUT2D eigenvalue weighted by Gasteiger charge is 2.07. The molecular formula is C23H21FN2O3S. The number of methoxy groups -OCH3 is 1. The molecule has 0 aliphatic rings. The number of halogens is 1. The van der Waals surface area contributed by atoms with Crippen LogP contribution in [-0.4, -0.2) is 32.0 Å². The number of hydrogen-bond donors (Lipinski definition) is 2. The molecule has 30 heavy (non-hydrogen) atoms. The molecule has 5 nitrogen and oxygen atoms in total. The predicted molar refractivity (Wildman–Crippen MR) is 117 cm³/mol. The minimum Gasteiger partial charge on any atom is -0.497 e. The topological polar surface area (TPSA) is 67.4 Å². The highest BCUT2D eigenvalue weighted by Crippen LogP contribution is 2.30. The molecule has 1 heterocycles. The lowest BCUT2D eigenvalue weighted by molar-refractivity contribution is -0.116. The number of carbonyl (C=O) groups is 2. The van der Waals surface area contributed by atoms with Crippen LogP contribution in [0.4, 0.5) is 4.39 Å². The van der Waals surface area contributed by atoms with E-state index in [0.717, 1.165) is 9.75 Å². The number of ether oxygens (including phenoxy) is 1. The Bertz CT molecular complexity index is 1060. The van der Waals surface area contributed by atoms with Gasteiger partial charge < -0.3 is 15.4 Å². The summed E-state index contributed by atoms with van der Waals surface area (Å²) in [7, 11) is 1.54. The fourth-order valence-electron chi connectivity index (χ4n) is 2.69. The molecule has 0 fully saturated rings. The van der Waals surface area contributed by atoms with E-state index in [1.807, 2.05) is 12.1 Å². The lowest BCUT2D eigenvalue weighted by atomic mass is 10.2. The van der Waals surface area contributed by atoms with Crippen LogP contribution in [0.25, 0.3) is 16.5 Å². The summed E-state index contributed by atoms with van der Waals surface area (Å²) in [5.41, 5.74) is 1.03. The molecule has 0 unspecified atom stereocenters. The highest BCUT2D eigenvalue weighted by molar-refractivity contribution is 7.16. The molecule has 0 aliphatic carbocycles. The molecule has 0 saturated carbocycles. The third-order valence-electron chi connectivity index (χ3n) is 4.21. The van der Waals surface area contributed by atoms with Crippen LogP contribution in [0.3, 0.4) is 0 Å². The smallest absolute Gasteiger partial charge is 0.251 e. The molecule has 0 aliphatic heterocycles. The molecule has 0 radical (unpaired) electrons. The fourth-order valence-corrected chi connectivity index (χ4v) is 3.63. The number of benzene rings is 2. The minimum absolute atomic E-state index is 0.238. The molecule has 0 spiro atoms. The number of hydrogen-bond acceptors (Lipinski definition) is 4. The molecule has 154 valence electrons. The maximum atomic E-state index is 13.9. The van der Waals surface area contributed by atoms with Gasteiger partial charge in [-0.25, -0.2) is 4.39 Å². The molecule has 2 N–H and O–H groups in total. The number of rotatable bonds is 8. The van der Waals surface area contributed by atoms with E-state index in [2.05, 4.69) is 10.6 Å². The van der Waals surface area contributed by atoms with E-state index in [9.17, 15) is 14.0 Å². The van der Waals surface area contributed by atoms with Gasteiger partial charge in [-0.15, -0.1) is 11.3 Å². The normalized spacial score (nSPS) is 10.7. The average molecular weight is 424 g/mol. The van der Waals surface area contributed by atoms with Crippen molar-refractivity contribution < 1.29 is 18.7 Å². The van der Waals surface area contributed by atoms with Crippen molar-refractivity contribution >= 4 is 29.2 Å². The number of thiophene rings is 1. The van der Waals surface area contributed by atoms with Gasteiger partial charge in [0.05, 0.1) is 7.11 Å². The van der Waals surface area contributed by atoms with Crippen LogP contribution >= 0.6 is 11.3 Å². The molecule has 0 bridgehead atoms. The first-order chi connectivity index (χ1) is 14.6. The molecule has 2 amide bonds. The second kappa shape index (κ2) is 10.4. The third kappa shape index (κ3) is 5.78. The first-order valence-corrected chi connectivity index (χ1v) is 10.1. The van der Waals surface area contributed by atoms with E-state index < -0.39 is 0 Å². The van der Waals surface area contributed by atoms with Crippen molar-refractivity contribution in [1.29, 1.82) is 0 Å². The summed E-state index contributed by atoms with van der Waals surface area (Å²) < 4.78 is 19.0. The van der Waals surface area contributed by atoms with Crippen LogP contribution in [0.1, 0.15) is 15.2 Å². The predicted octanol–water partition coefficient (Wildman–Crippen LogP) is 4.12. The van der Waals surface area contributed by atoms with E-state index >= 15 is 0 Å². The molecule has 7 heteroatoms. The van der Waals surface area contributed by atoms with Crippen LogP contribution < -0.4 is 15.4 Å². The van der Waals surface area contributed by atoms with Gasteiger partial charge in [-0.1, -0.05) is 24.3 Å². The van der Waals surface area contributed by atoms with Crippen molar-refractivity contribution in [2.24, 2.45) is 0 Å². The first-order valence-electron chi connectivity index (χ1n) is 9.30. The Labute approximate surface area is 178 Å². The van der Waals surface area contributed by atoms with Gasteiger partial charge in [0, 0.05) is 40.0 Å². The maximum absolute atomic E-state index is 13.9. The average Bonchev–Trinajstić information content (AvgIpc) is 3.24. The standard InChI is InChI=1S/C23H21FN2O3S/c1-29-17-6-4-5-16(15-17)23(28)26-14-13-25-22(27)12-10-18-9-11-21(30-18)19-7-2-3-8-20(19)24/h2-12,15H,13-14H2,1H3,(H,25,27)(H,26,28). The summed E-state index contributed by atoms with van der Waals surface area (Å²) in [5.74, 6) is -0.180. The Kier molecular flexibility index (Phi) is 7.34. The molecule has 2 aromatic carbocycles. The van der Waals surface area contributed by atoms with Gasteiger partial charge in [0.1, 0.15) is 11.6 Å². The molecule has 1 aromatic heterocycles. The fraction of sp³-hybridized carbons (Fsp3) is 0.130. The van der Waals surface area contributed by atoms with Crippen molar-refractivity contribution in [2.75, 3.05) is 20.2 Å². The van der Waals surface area contributed by atoms with Crippen LogP contribution in [0, 0.1) is 5.82 Å². The van der Waals surface area contributed by atoms with Gasteiger partial charge in [0.25, 0.3) is 5.91 Å². The van der Waals surface area contributed by atoms with E-state index in [1.54, 1.807) is 48.5 Å². The Morgan fingerprint density at radius 1 is 1.03 bits per heavy atom. The molecule has 3 rings (SSSR count). The van der Waals surface area contributed by atoms with Gasteiger partial charge in [-0.05, 0) is 42.5 Å².